The van der Waals surface area contributed by atoms with Gasteiger partial charge in [0.05, 0.1) is 12.7 Å². The average Bonchev–Trinajstić information content (AvgIpc) is 2.36. The van der Waals surface area contributed by atoms with Crippen molar-refractivity contribution in [1.29, 1.82) is 5.26 Å². The molecular formula is C13H16F2N2O. The number of hydrogen-bond donors (Lipinski definition) is 1. The number of ether oxygens (including phenoxy) is 1. The first kappa shape index (κ1) is 14.4. The van der Waals surface area contributed by atoms with Gasteiger partial charge in [-0.05, 0) is 31.4 Å². The Labute approximate surface area is 105 Å². The average molecular weight is 254 g/mol. The minimum absolute atomic E-state index is 0.00692. The lowest BCUT2D eigenvalue weighted by atomic mass is 9.94. The minimum Gasteiger partial charge on any atom is -0.491 e. The third-order valence-corrected chi connectivity index (χ3v) is 2.77. The zero-order valence-corrected chi connectivity index (χ0v) is 10.2. The summed E-state index contributed by atoms with van der Waals surface area (Å²) >= 11 is 0. The topological polar surface area (TPSA) is 59.0 Å². The van der Waals surface area contributed by atoms with Gasteiger partial charge in [0.1, 0.15) is 11.4 Å². The summed E-state index contributed by atoms with van der Waals surface area (Å²) in [5.41, 5.74) is 4.93. The molecule has 1 unspecified atom stereocenters. The van der Waals surface area contributed by atoms with E-state index in [-0.39, 0.29) is 12.4 Å². The summed E-state index contributed by atoms with van der Waals surface area (Å²) in [5, 5.41) is 8.86. The summed E-state index contributed by atoms with van der Waals surface area (Å²) in [6.07, 6.45) is 1.56. The highest BCUT2D eigenvalue weighted by molar-refractivity contribution is 5.24. The molecule has 0 saturated carbocycles. The van der Waals surface area contributed by atoms with Crippen molar-refractivity contribution in [1.82, 2.24) is 0 Å². The van der Waals surface area contributed by atoms with Crippen molar-refractivity contribution in [2.24, 2.45) is 5.73 Å². The lowest BCUT2D eigenvalue weighted by Gasteiger charge is -2.18. The molecule has 98 valence electrons. The molecule has 18 heavy (non-hydrogen) atoms. The van der Waals surface area contributed by atoms with Crippen LogP contribution < -0.4 is 10.5 Å². The number of nitrogens with two attached hydrogens (primary N) is 1. The lowest BCUT2D eigenvalue weighted by molar-refractivity contribution is 0.278. The molecule has 1 aromatic rings. The smallest absolute Gasteiger partial charge is 0.167 e. The molecule has 0 amide bonds. The minimum atomic E-state index is -0.856. The number of halogens is 2. The van der Waals surface area contributed by atoms with Gasteiger partial charge in [0.25, 0.3) is 0 Å². The molecule has 0 aliphatic carbocycles. The first-order valence-corrected chi connectivity index (χ1v) is 5.79. The molecule has 0 bridgehead atoms. The molecule has 5 heteroatoms. The van der Waals surface area contributed by atoms with Gasteiger partial charge in [-0.25, -0.2) is 8.78 Å². The number of benzene rings is 1. The molecule has 0 spiro atoms. The quantitative estimate of drug-likeness (QED) is 0.794. The van der Waals surface area contributed by atoms with E-state index in [0.717, 1.165) is 12.1 Å². The molecule has 0 fully saturated rings. The standard InChI is InChI=1S/C13H16F2N2O/c1-2-13(17,9-16)6-3-7-18-12-5-4-10(14)8-11(12)15/h4-5,8H,2-3,6-7,17H2,1H3. The van der Waals surface area contributed by atoms with Gasteiger partial charge < -0.3 is 10.5 Å². The number of nitrogens with zero attached hydrogens (tertiary/aromatic N) is 1. The SMILES string of the molecule is CCC(N)(C#N)CCCOc1ccc(F)cc1F. The van der Waals surface area contributed by atoms with E-state index in [0.29, 0.717) is 19.3 Å². The van der Waals surface area contributed by atoms with Crippen LogP contribution in [0.25, 0.3) is 0 Å². The van der Waals surface area contributed by atoms with Gasteiger partial charge in [0.15, 0.2) is 11.6 Å². The molecule has 2 N–H and O–H groups in total. The van der Waals surface area contributed by atoms with Gasteiger partial charge >= 0.3 is 0 Å². The molecule has 0 radical (unpaired) electrons. The first-order valence-electron chi connectivity index (χ1n) is 5.79. The highest BCUT2D eigenvalue weighted by atomic mass is 19.1. The fourth-order valence-electron chi connectivity index (χ4n) is 1.47. The molecule has 1 atom stereocenters. The Hall–Kier alpha value is -1.67. The van der Waals surface area contributed by atoms with Crippen molar-refractivity contribution in [2.45, 2.75) is 31.7 Å². The Morgan fingerprint density at radius 1 is 1.44 bits per heavy atom. The van der Waals surface area contributed by atoms with Crippen molar-refractivity contribution in [3.05, 3.63) is 29.8 Å². The van der Waals surface area contributed by atoms with Crippen LogP contribution in [0.1, 0.15) is 26.2 Å². The second-order valence-electron chi connectivity index (χ2n) is 4.15. The zero-order chi connectivity index (χ0) is 13.6. The maximum absolute atomic E-state index is 13.2. The van der Waals surface area contributed by atoms with Crippen LogP contribution in [0.2, 0.25) is 0 Å². The maximum Gasteiger partial charge on any atom is 0.167 e. The van der Waals surface area contributed by atoms with Gasteiger partial charge in [0, 0.05) is 6.07 Å². The molecule has 0 saturated heterocycles. The van der Waals surface area contributed by atoms with Crippen LogP contribution in [-0.2, 0) is 0 Å². The second-order valence-corrected chi connectivity index (χ2v) is 4.15. The van der Waals surface area contributed by atoms with Crippen LogP contribution in [-0.4, -0.2) is 12.1 Å². The lowest BCUT2D eigenvalue weighted by Crippen LogP contribution is -2.37. The Morgan fingerprint density at radius 2 is 2.17 bits per heavy atom. The Kier molecular flexibility index (Phi) is 5.05. The first-order chi connectivity index (χ1) is 8.50. The zero-order valence-electron chi connectivity index (χ0n) is 10.2. The highest BCUT2D eigenvalue weighted by Crippen LogP contribution is 2.19. The summed E-state index contributed by atoms with van der Waals surface area (Å²) in [5.74, 6) is -1.37. The third kappa shape index (κ3) is 3.97. The van der Waals surface area contributed by atoms with E-state index in [9.17, 15) is 8.78 Å². The van der Waals surface area contributed by atoms with Crippen molar-refractivity contribution in [3.63, 3.8) is 0 Å². The maximum atomic E-state index is 13.2. The predicted octanol–water partition coefficient (Wildman–Crippen LogP) is 2.75. The molecule has 3 nitrogen and oxygen atoms in total. The molecule has 1 rings (SSSR count). The molecule has 0 heterocycles. The van der Waals surface area contributed by atoms with E-state index in [2.05, 4.69) is 0 Å². The van der Waals surface area contributed by atoms with Crippen LogP contribution in [0.3, 0.4) is 0 Å². The van der Waals surface area contributed by atoms with Crippen LogP contribution in [0, 0.1) is 23.0 Å². The van der Waals surface area contributed by atoms with Gasteiger partial charge in [-0.3, -0.25) is 0 Å². The van der Waals surface area contributed by atoms with Crippen LogP contribution in [0.4, 0.5) is 8.78 Å². The van der Waals surface area contributed by atoms with E-state index < -0.39 is 17.2 Å². The predicted molar refractivity (Wildman–Crippen MR) is 63.9 cm³/mol. The van der Waals surface area contributed by atoms with Gasteiger partial charge in [0.2, 0.25) is 0 Å². The van der Waals surface area contributed by atoms with Gasteiger partial charge in [-0.2, -0.15) is 5.26 Å². The van der Waals surface area contributed by atoms with Crippen LogP contribution in [0.15, 0.2) is 18.2 Å². The summed E-state index contributed by atoms with van der Waals surface area (Å²) in [6, 6.07) is 5.18. The number of nitriles is 1. The normalized spacial score (nSPS) is 13.7. The Bertz CT molecular complexity index is 445. The van der Waals surface area contributed by atoms with Gasteiger partial charge in [-0.1, -0.05) is 6.92 Å². The molecule has 0 aliphatic rings. The number of hydrogen-bond acceptors (Lipinski definition) is 3. The van der Waals surface area contributed by atoms with Crippen molar-refractivity contribution < 1.29 is 13.5 Å². The largest absolute Gasteiger partial charge is 0.491 e. The second kappa shape index (κ2) is 6.31. The molecular weight excluding hydrogens is 238 g/mol. The highest BCUT2D eigenvalue weighted by Gasteiger charge is 2.21. The fourth-order valence-corrected chi connectivity index (χ4v) is 1.47. The molecule has 0 aliphatic heterocycles. The van der Waals surface area contributed by atoms with E-state index in [1.165, 1.54) is 6.07 Å². The molecule has 0 aromatic heterocycles. The van der Waals surface area contributed by atoms with E-state index in [1.54, 1.807) is 0 Å². The van der Waals surface area contributed by atoms with E-state index in [1.807, 2.05) is 13.0 Å². The summed E-state index contributed by atoms with van der Waals surface area (Å²) in [6.45, 7) is 2.08. The Balaban J connectivity index is 2.41. The number of rotatable bonds is 6. The summed E-state index contributed by atoms with van der Waals surface area (Å²) in [4.78, 5) is 0. The van der Waals surface area contributed by atoms with Crippen LogP contribution in [0.5, 0.6) is 5.75 Å². The fraction of sp³-hybridized carbons (Fsp3) is 0.462. The summed E-state index contributed by atoms with van der Waals surface area (Å²) < 4.78 is 31.0. The Morgan fingerprint density at radius 3 is 2.72 bits per heavy atom. The van der Waals surface area contributed by atoms with E-state index in [4.69, 9.17) is 15.7 Å². The van der Waals surface area contributed by atoms with Crippen molar-refractivity contribution in [2.75, 3.05) is 6.61 Å². The van der Waals surface area contributed by atoms with Gasteiger partial charge in [-0.15, -0.1) is 0 Å². The third-order valence-electron chi connectivity index (χ3n) is 2.77. The van der Waals surface area contributed by atoms with Crippen molar-refractivity contribution in [3.8, 4) is 11.8 Å². The van der Waals surface area contributed by atoms with E-state index >= 15 is 0 Å². The van der Waals surface area contributed by atoms with Crippen LogP contribution >= 0.6 is 0 Å². The van der Waals surface area contributed by atoms with Crippen molar-refractivity contribution >= 4 is 0 Å². The monoisotopic (exact) mass is 254 g/mol. The summed E-state index contributed by atoms with van der Waals surface area (Å²) in [7, 11) is 0. The molecule has 1 aromatic carbocycles.